The van der Waals surface area contributed by atoms with Crippen molar-refractivity contribution in [1.29, 1.82) is 0 Å². The van der Waals surface area contributed by atoms with Crippen LogP contribution < -0.4 is 21.1 Å². The number of furan rings is 1. The van der Waals surface area contributed by atoms with E-state index in [1.54, 1.807) is 0 Å². The summed E-state index contributed by atoms with van der Waals surface area (Å²) in [5.74, 6) is 1.80. The zero-order valence-corrected chi connectivity index (χ0v) is 21.4. The fraction of sp³-hybridized carbons (Fsp3) is 0. The minimum absolute atomic E-state index is 0.00905. The van der Waals surface area contributed by atoms with Gasteiger partial charge in [0, 0.05) is 26.9 Å². The van der Waals surface area contributed by atoms with Gasteiger partial charge in [-0.3, -0.25) is 0 Å². The van der Waals surface area contributed by atoms with Crippen molar-refractivity contribution >= 4 is 83.1 Å². The van der Waals surface area contributed by atoms with E-state index in [-0.39, 0.29) is 6.71 Å². The third kappa shape index (κ3) is 2.43. The zero-order chi connectivity index (χ0) is 25.9. The molecule has 10 rings (SSSR count). The molecule has 6 aromatic carbocycles. The van der Waals surface area contributed by atoms with Crippen LogP contribution in [0.15, 0.2) is 126 Å². The molecule has 0 spiro atoms. The number of fused-ring (bicyclic) bond motifs is 12. The number of rotatable bonds is 1. The van der Waals surface area contributed by atoms with E-state index in [9.17, 15) is 0 Å². The molecule has 0 saturated heterocycles. The lowest BCUT2D eigenvalue weighted by molar-refractivity contribution is 0.487. The molecule has 0 N–H and O–H groups in total. The van der Waals surface area contributed by atoms with Gasteiger partial charge in [0.15, 0.2) is 0 Å². The van der Waals surface area contributed by atoms with Crippen molar-refractivity contribution < 1.29 is 9.15 Å². The van der Waals surface area contributed by atoms with E-state index in [0.717, 1.165) is 44.4 Å². The summed E-state index contributed by atoms with van der Waals surface area (Å²) >= 11 is 0. The van der Waals surface area contributed by atoms with Gasteiger partial charge in [-0.05, 0) is 46.7 Å². The lowest BCUT2D eigenvalue weighted by atomic mass is 9.35. The molecule has 0 amide bonds. The average molecular weight is 509 g/mol. The average Bonchev–Trinajstić information content (AvgIpc) is 3.66. The van der Waals surface area contributed by atoms with Crippen molar-refractivity contribution in [2.24, 2.45) is 0 Å². The summed E-state index contributed by atoms with van der Waals surface area (Å²) in [5, 5.41) is 7.43. The normalized spacial score (nSPS) is 13.2. The van der Waals surface area contributed by atoms with E-state index in [0.29, 0.717) is 0 Å². The smallest absolute Gasteiger partial charge is 0.255 e. The minimum atomic E-state index is 0.00905. The summed E-state index contributed by atoms with van der Waals surface area (Å²) in [4.78, 5) is 0. The molecule has 4 heteroatoms. The first-order valence-electron chi connectivity index (χ1n) is 13.7. The minimum Gasteiger partial charge on any atom is -0.458 e. The monoisotopic (exact) mass is 509 g/mol. The van der Waals surface area contributed by atoms with Gasteiger partial charge in [-0.25, -0.2) is 0 Å². The summed E-state index contributed by atoms with van der Waals surface area (Å²) in [5.41, 5.74) is 9.05. The third-order valence-electron chi connectivity index (χ3n) is 8.87. The Morgan fingerprint density at radius 1 is 0.475 bits per heavy atom. The molecule has 3 aromatic heterocycles. The highest BCUT2D eigenvalue weighted by Gasteiger charge is 2.34. The van der Waals surface area contributed by atoms with Gasteiger partial charge in [0.25, 0.3) is 6.71 Å². The van der Waals surface area contributed by atoms with Crippen LogP contribution in [0.25, 0.3) is 60.0 Å². The highest BCUT2D eigenvalue weighted by atomic mass is 16.5. The molecule has 0 radical (unpaired) electrons. The largest absolute Gasteiger partial charge is 0.458 e. The van der Waals surface area contributed by atoms with E-state index in [4.69, 9.17) is 9.15 Å². The van der Waals surface area contributed by atoms with Crippen LogP contribution in [0.3, 0.4) is 0 Å². The van der Waals surface area contributed by atoms with Gasteiger partial charge >= 0.3 is 0 Å². The van der Waals surface area contributed by atoms with Crippen molar-refractivity contribution in [3.05, 3.63) is 121 Å². The molecular formula is C36H20BNO2. The van der Waals surface area contributed by atoms with Crippen LogP contribution in [0.4, 0.5) is 0 Å². The molecule has 9 aromatic rings. The summed E-state index contributed by atoms with van der Waals surface area (Å²) in [6.07, 6.45) is 0. The van der Waals surface area contributed by atoms with Gasteiger partial charge < -0.3 is 13.6 Å². The van der Waals surface area contributed by atoms with Gasteiger partial charge in [0.1, 0.15) is 22.7 Å². The number of aromatic nitrogens is 1. The summed E-state index contributed by atoms with van der Waals surface area (Å²) in [7, 11) is 0. The fourth-order valence-corrected chi connectivity index (χ4v) is 7.28. The van der Waals surface area contributed by atoms with Crippen LogP contribution >= 0.6 is 0 Å². The SMILES string of the molecule is c1ccc2c(c1)Oc1ccccc1B2c1cccc2c1oc1ccc3c4cccc5c6ccccc6n(c54)c3c12. The lowest BCUT2D eigenvalue weighted by Gasteiger charge is -2.26. The Balaban J connectivity index is 1.37. The second-order valence-corrected chi connectivity index (χ2v) is 10.8. The predicted molar refractivity (Wildman–Crippen MR) is 166 cm³/mol. The van der Waals surface area contributed by atoms with Crippen LogP contribution in [-0.4, -0.2) is 11.1 Å². The number of para-hydroxylation sites is 5. The number of hydrogen-bond acceptors (Lipinski definition) is 2. The highest BCUT2D eigenvalue weighted by molar-refractivity contribution is 6.98. The van der Waals surface area contributed by atoms with Crippen molar-refractivity contribution in [2.45, 2.75) is 0 Å². The first-order chi connectivity index (χ1) is 19.9. The zero-order valence-electron chi connectivity index (χ0n) is 21.4. The molecule has 0 bridgehead atoms. The molecule has 0 aliphatic carbocycles. The Hall–Kier alpha value is -5.22. The van der Waals surface area contributed by atoms with E-state index in [1.807, 2.05) is 12.1 Å². The maximum Gasteiger partial charge on any atom is 0.255 e. The molecule has 3 nitrogen and oxygen atoms in total. The second-order valence-electron chi connectivity index (χ2n) is 10.8. The van der Waals surface area contributed by atoms with Gasteiger partial charge in [0.2, 0.25) is 0 Å². The molecule has 0 unspecified atom stereocenters. The molecular weight excluding hydrogens is 489 g/mol. The number of ether oxygens (including phenoxy) is 1. The summed E-state index contributed by atoms with van der Waals surface area (Å²) in [6.45, 7) is 0.00905. The molecule has 0 saturated carbocycles. The molecule has 4 heterocycles. The van der Waals surface area contributed by atoms with E-state index in [2.05, 4.69) is 114 Å². The number of nitrogens with zero attached hydrogens (tertiary/aromatic N) is 1. The Kier molecular flexibility index (Phi) is 3.75. The molecule has 0 fully saturated rings. The topological polar surface area (TPSA) is 26.8 Å². The Morgan fingerprint density at radius 2 is 1.07 bits per heavy atom. The maximum atomic E-state index is 6.82. The number of benzene rings is 6. The van der Waals surface area contributed by atoms with Crippen molar-refractivity contribution in [3.63, 3.8) is 0 Å². The molecule has 0 atom stereocenters. The Labute approximate surface area is 229 Å². The summed E-state index contributed by atoms with van der Waals surface area (Å²) in [6, 6.07) is 43.1. The molecule has 40 heavy (non-hydrogen) atoms. The van der Waals surface area contributed by atoms with Crippen LogP contribution in [-0.2, 0) is 0 Å². The molecule has 1 aliphatic heterocycles. The standard InChI is InChI=1S/C36H20BNO2/c1-4-16-29-21(9-1)22-10-7-11-23-24-19-20-32-33(35(24)38(29)34(22)23)25-12-8-15-28(36(25)40-32)37-26-13-2-5-17-30(26)39-31-18-6-3-14-27(31)37/h1-20H. The Bertz CT molecular complexity index is 2440. The van der Waals surface area contributed by atoms with Crippen molar-refractivity contribution in [1.82, 2.24) is 4.40 Å². The first kappa shape index (κ1) is 20.7. The predicted octanol–water partition coefficient (Wildman–Crippen LogP) is 7.36. The van der Waals surface area contributed by atoms with E-state index >= 15 is 0 Å². The quantitative estimate of drug-likeness (QED) is 0.216. The lowest BCUT2D eigenvalue weighted by Crippen LogP contribution is -2.54. The van der Waals surface area contributed by atoms with Crippen molar-refractivity contribution in [2.75, 3.05) is 0 Å². The molecule has 1 aliphatic rings. The number of hydrogen-bond donors (Lipinski definition) is 0. The second kappa shape index (κ2) is 7.25. The van der Waals surface area contributed by atoms with Gasteiger partial charge in [-0.15, -0.1) is 0 Å². The first-order valence-corrected chi connectivity index (χ1v) is 13.7. The Morgan fingerprint density at radius 3 is 1.90 bits per heavy atom. The maximum absolute atomic E-state index is 6.82. The van der Waals surface area contributed by atoms with Gasteiger partial charge in [0.05, 0.1) is 21.9 Å². The summed E-state index contributed by atoms with van der Waals surface area (Å²) < 4.78 is 15.6. The van der Waals surface area contributed by atoms with Gasteiger partial charge in [-0.2, -0.15) is 0 Å². The third-order valence-corrected chi connectivity index (χ3v) is 8.87. The van der Waals surface area contributed by atoms with Crippen LogP contribution in [0, 0.1) is 0 Å². The van der Waals surface area contributed by atoms with Crippen LogP contribution in [0.2, 0.25) is 0 Å². The fourth-order valence-electron chi connectivity index (χ4n) is 7.28. The van der Waals surface area contributed by atoms with E-state index in [1.165, 1.54) is 43.5 Å². The van der Waals surface area contributed by atoms with Gasteiger partial charge in [-0.1, -0.05) is 91.0 Å². The molecule has 184 valence electrons. The van der Waals surface area contributed by atoms with Crippen molar-refractivity contribution in [3.8, 4) is 11.5 Å². The van der Waals surface area contributed by atoms with Crippen LogP contribution in [0.1, 0.15) is 0 Å². The van der Waals surface area contributed by atoms with Crippen LogP contribution in [0.5, 0.6) is 11.5 Å². The van der Waals surface area contributed by atoms with E-state index < -0.39 is 0 Å². The highest BCUT2D eigenvalue weighted by Crippen LogP contribution is 2.43.